The van der Waals surface area contributed by atoms with Crippen molar-refractivity contribution in [2.24, 2.45) is 5.10 Å². The molecule has 5 rings (SSSR count). The van der Waals surface area contributed by atoms with Gasteiger partial charge in [0, 0.05) is 41.5 Å². The van der Waals surface area contributed by atoms with Crippen LogP contribution in [0.15, 0.2) is 29.5 Å². The van der Waals surface area contributed by atoms with Gasteiger partial charge in [-0.2, -0.15) is 4.98 Å². The minimum atomic E-state index is -0.484. The Kier molecular flexibility index (Phi) is 6.59. The lowest BCUT2D eigenvalue weighted by molar-refractivity contribution is -0.0796. The van der Waals surface area contributed by atoms with E-state index in [1.165, 1.54) is 6.20 Å². The molecule has 0 unspecified atom stereocenters. The van der Waals surface area contributed by atoms with Crippen molar-refractivity contribution < 1.29 is 13.9 Å². The number of hydrogen-bond acceptors (Lipinski definition) is 11. The Morgan fingerprint density at radius 2 is 1.84 bits per heavy atom. The van der Waals surface area contributed by atoms with E-state index in [0.717, 1.165) is 18.4 Å². The fourth-order valence-electron chi connectivity index (χ4n) is 5.21. The van der Waals surface area contributed by atoms with Gasteiger partial charge < -0.3 is 20.1 Å². The molecule has 12 heteroatoms. The number of benzene rings is 1. The van der Waals surface area contributed by atoms with Gasteiger partial charge in [-0.1, -0.05) is 0 Å². The van der Waals surface area contributed by atoms with Gasteiger partial charge in [0.15, 0.2) is 17.5 Å². The van der Waals surface area contributed by atoms with Crippen molar-refractivity contribution in [1.82, 2.24) is 30.9 Å². The Bertz CT molecular complexity index is 1170. The summed E-state index contributed by atoms with van der Waals surface area (Å²) < 4.78 is 26.1. The lowest BCUT2D eigenvalue weighted by Gasteiger charge is -2.53. The number of rotatable bonds is 7. The number of likely N-dealkylation sites (tertiary alicyclic amines) is 1. The first-order valence-corrected chi connectivity index (χ1v) is 12.5. The summed E-state index contributed by atoms with van der Waals surface area (Å²) in [4.78, 5) is 11.1. The molecule has 11 nitrogen and oxygen atoms in total. The second-order valence-electron chi connectivity index (χ2n) is 11.2. The summed E-state index contributed by atoms with van der Waals surface area (Å²) in [6.07, 6.45) is 2.93. The highest BCUT2D eigenvalue weighted by molar-refractivity contribution is 6.00. The van der Waals surface area contributed by atoms with Gasteiger partial charge in [0.25, 0.3) is 0 Å². The predicted octanol–water partition coefficient (Wildman–Crippen LogP) is 2.82. The zero-order valence-corrected chi connectivity index (χ0v) is 22.2. The Morgan fingerprint density at radius 1 is 1.11 bits per heavy atom. The van der Waals surface area contributed by atoms with Crippen LogP contribution in [0.2, 0.25) is 0 Å². The molecule has 1 aromatic carbocycles. The highest BCUT2D eigenvalue weighted by Crippen LogP contribution is 2.38. The Morgan fingerprint density at radius 3 is 2.46 bits per heavy atom. The molecule has 200 valence electrons. The van der Waals surface area contributed by atoms with Crippen molar-refractivity contribution in [2.75, 3.05) is 37.9 Å². The number of ether oxygens (including phenoxy) is 2. The van der Waals surface area contributed by atoms with Crippen LogP contribution in [-0.2, 0) is 4.74 Å². The molecule has 0 bridgehead atoms. The second kappa shape index (κ2) is 9.58. The first kappa shape index (κ1) is 25.4. The summed E-state index contributed by atoms with van der Waals surface area (Å²) in [6.45, 7) is 9.96. The predicted molar refractivity (Wildman–Crippen MR) is 140 cm³/mol. The normalized spacial score (nSPS) is 21.7. The SMILES string of the molecule is CN1NNN=C1c1cc(Nc2ncc(F)c(NC3CC(C)(C)N(C)C(C)(C)C3)n2)cc(OC2COC2)c1. The Labute approximate surface area is 216 Å². The van der Waals surface area contributed by atoms with Crippen LogP contribution in [0, 0.1) is 5.82 Å². The third-order valence-electron chi connectivity index (χ3n) is 7.42. The van der Waals surface area contributed by atoms with Crippen LogP contribution in [0.4, 0.5) is 21.8 Å². The largest absolute Gasteiger partial charge is 0.485 e. The number of nitrogens with zero attached hydrogens (tertiary/aromatic N) is 5. The number of aromatic nitrogens is 2. The van der Waals surface area contributed by atoms with E-state index < -0.39 is 5.82 Å². The van der Waals surface area contributed by atoms with Gasteiger partial charge in [-0.3, -0.25) is 9.91 Å². The quantitative estimate of drug-likeness (QED) is 0.441. The number of amidine groups is 1. The highest BCUT2D eigenvalue weighted by atomic mass is 19.1. The molecule has 0 atom stereocenters. The number of nitrogens with one attached hydrogen (secondary N) is 4. The molecule has 3 aliphatic rings. The molecule has 1 aromatic heterocycles. The zero-order chi connectivity index (χ0) is 26.4. The summed E-state index contributed by atoms with van der Waals surface area (Å²) in [5, 5.41) is 12.6. The fraction of sp³-hybridized carbons (Fsp3) is 0.560. The molecule has 2 aromatic rings. The maximum absolute atomic E-state index is 14.8. The molecular weight excluding hydrogens is 477 g/mol. The third-order valence-corrected chi connectivity index (χ3v) is 7.42. The van der Waals surface area contributed by atoms with Gasteiger partial charge in [-0.25, -0.2) is 14.9 Å². The molecule has 2 fully saturated rings. The molecule has 0 amide bonds. The lowest BCUT2D eigenvalue weighted by Crippen LogP contribution is -2.61. The van der Waals surface area contributed by atoms with Crippen molar-refractivity contribution >= 4 is 23.3 Å². The molecule has 4 N–H and O–H groups in total. The molecule has 0 radical (unpaired) electrons. The lowest BCUT2D eigenvalue weighted by atomic mass is 9.77. The Hall–Kier alpha value is -3.22. The monoisotopic (exact) mass is 513 g/mol. The molecule has 4 heterocycles. The first-order valence-electron chi connectivity index (χ1n) is 12.5. The van der Waals surface area contributed by atoms with E-state index in [2.05, 4.69) is 76.4 Å². The number of hydrogen-bond donors (Lipinski definition) is 4. The van der Waals surface area contributed by atoms with Gasteiger partial charge in [-0.05, 0) is 59.7 Å². The van der Waals surface area contributed by atoms with Crippen LogP contribution < -0.4 is 26.4 Å². The number of hydrazone groups is 1. The summed E-state index contributed by atoms with van der Waals surface area (Å²) in [7, 11) is 4.00. The van der Waals surface area contributed by atoms with E-state index in [0.29, 0.717) is 30.5 Å². The van der Waals surface area contributed by atoms with Crippen molar-refractivity contribution in [3.05, 3.63) is 35.8 Å². The summed E-state index contributed by atoms with van der Waals surface area (Å²) in [6, 6.07) is 5.76. The van der Waals surface area contributed by atoms with E-state index in [1.807, 2.05) is 25.2 Å². The van der Waals surface area contributed by atoms with E-state index in [4.69, 9.17) is 9.47 Å². The van der Waals surface area contributed by atoms with Gasteiger partial charge in [0.1, 0.15) is 11.9 Å². The third kappa shape index (κ3) is 5.41. The Balaban J connectivity index is 1.38. The van der Waals surface area contributed by atoms with Gasteiger partial charge in [-0.15, -0.1) is 10.6 Å². The molecule has 0 spiro atoms. The van der Waals surface area contributed by atoms with Crippen LogP contribution in [0.1, 0.15) is 46.1 Å². The fourth-order valence-corrected chi connectivity index (χ4v) is 5.21. The second-order valence-corrected chi connectivity index (χ2v) is 11.2. The van der Waals surface area contributed by atoms with Crippen molar-refractivity contribution in [3.8, 4) is 5.75 Å². The average Bonchev–Trinajstić information content (AvgIpc) is 3.22. The minimum Gasteiger partial charge on any atom is -0.485 e. The number of anilines is 3. The number of halogens is 1. The van der Waals surface area contributed by atoms with Crippen LogP contribution >= 0.6 is 0 Å². The minimum absolute atomic E-state index is 0.00325. The smallest absolute Gasteiger partial charge is 0.229 e. The number of piperidine rings is 1. The molecular formula is C25H36FN9O2. The van der Waals surface area contributed by atoms with Crippen LogP contribution in [0.5, 0.6) is 5.75 Å². The maximum atomic E-state index is 14.8. The van der Waals surface area contributed by atoms with Crippen molar-refractivity contribution in [2.45, 2.75) is 63.8 Å². The van der Waals surface area contributed by atoms with Gasteiger partial charge >= 0.3 is 0 Å². The van der Waals surface area contributed by atoms with Crippen LogP contribution in [0.3, 0.4) is 0 Å². The molecule has 2 saturated heterocycles. The van der Waals surface area contributed by atoms with Crippen LogP contribution in [0.25, 0.3) is 0 Å². The molecule has 3 aliphatic heterocycles. The van der Waals surface area contributed by atoms with Crippen molar-refractivity contribution in [3.63, 3.8) is 0 Å². The van der Waals surface area contributed by atoms with E-state index >= 15 is 0 Å². The first-order chi connectivity index (χ1) is 17.5. The molecule has 37 heavy (non-hydrogen) atoms. The number of hydrazine groups is 2. The summed E-state index contributed by atoms with van der Waals surface area (Å²) >= 11 is 0. The molecule has 0 saturated carbocycles. The standard InChI is InChI=1S/C25H36FN9O2/c1-24(2)10-17(11-25(3,4)35(24)6)28-21-20(26)12-27-23(30-21)29-16-7-15(22-31-32-33-34(22)5)8-18(9-16)37-19-13-36-14-19/h7-9,12,17,19,32-33H,10-11,13-14H2,1-6H3,(H2,27,28,29,30). The topological polar surface area (TPSA) is 111 Å². The van der Waals surface area contributed by atoms with Gasteiger partial charge in [0.05, 0.1) is 19.4 Å². The molecule has 0 aliphatic carbocycles. The van der Waals surface area contributed by atoms with E-state index in [-0.39, 0.29) is 35.0 Å². The maximum Gasteiger partial charge on any atom is 0.229 e. The zero-order valence-electron chi connectivity index (χ0n) is 22.2. The van der Waals surface area contributed by atoms with Gasteiger partial charge in [0.2, 0.25) is 5.95 Å². The van der Waals surface area contributed by atoms with E-state index in [1.54, 1.807) is 5.01 Å². The summed E-state index contributed by atoms with van der Waals surface area (Å²) in [5.41, 5.74) is 7.09. The highest BCUT2D eigenvalue weighted by Gasteiger charge is 2.43. The average molecular weight is 514 g/mol. The summed E-state index contributed by atoms with van der Waals surface area (Å²) in [5.74, 6) is 1.33. The van der Waals surface area contributed by atoms with Crippen molar-refractivity contribution in [1.29, 1.82) is 0 Å². The van der Waals surface area contributed by atoms with E-state index in [9.17, 15) is 4.39 Å². The van der Waals surface area contributed by atoms with Crippen LogP contribution in [-0.4, -0.2) is 76.2 Å².